The SMILES string of the molecule is C[C@@H]1O[C@@H](O[C@H]2[C@H](O)[C@@H](O)[C@H](OC[C@H]3O[C@@H](OC(=O)[C@]45CCC(C)(C)CC4C4=CCC6[C@@]7(C)CC[C@H](O[C@@H]8OC[C@@H](O)[C@@H](O)[C@H]8O)C(C)(C)C7CC[C@@]6(C)[C@]4(C)CC5)[C@H](O)[C@@H](O)[C@@H]3O)O[C@@H]2CO)[C@H](O)[C@H](O)[C@H]1O. The van der Waals surface area contributed by atoms with E-state index in [1.165, 1.54) is 12.5 Å². The maximum atomic E-state index is 15.1. The molecule has 21 heteroatoms. The molecule has 9 aliphatic rings. The van der Waals surface area contributed by atoms with Gasteiger partial charge in [-0.25, -0.2) is 0 Å². The normalized spacial score (nSPS) is 54.1. The van der Waals surface area contributed by atoms with E-state index in [0.717, 1.165) is 44.9 Å². The maximum Gasteiger partial charge on any atom is 0.315 e. The molecule has 8 fully saturated rings. The zero-order valence-corrected chi connectivity index (χ0v) is 44.1. The van der Waals surface area contributed by atoms with Crippen LogP contribution in [-0.4, -0.2) is 210 Å². The number of hydrogen-bond acceptors (Lipinski definition) is 21. The number of carbonyl (C=O) groups is 1. The molecule has 0 radical (unpaired) electrons. The summed E-state index contributed by atoms with van der Waals surface area (Å²) in [5, 5.41) is 128. The van der Waals surface area contributed by atoms with Gasteiger partial charge in [0, 0.05) is 0 Å². The largest absolute Gasteiger partial charge is 0.432 e. The highest BCUT2D eigenvalue weighted by atomic mass is 16.8. The highest BCUT2D eigenvalue weighted by molar-refractivity contribution is 5.79. The lowest BCUT2D eigenvalue weighted by Crippen LogP contribution is -2.66. The summed E-state index contributed by atoms with van der Waals surface area (Å²) in [7, 11) is 0. The van der Waals surface area contributed by atoms with E-state index < -0.39 is 141 Å². The van der Waals surface area contributed by atoms with Crippen molar-refractivity contribution in [1.82, 2.24) is 0 Å². The molecule has 74 heavy (non-hydrogen) atoms. The van der Waals surface area contributed by atoms with Crippen molar-refractivity contribution in [2.24, 2.45) is 50.2 Å². The van der Waals surface area contributed by atoms with E-state index in [2.05, 4.69) is 54.5 Å². The van der Waals surface area contributed by atoms with Crippen LogP contribution in [0.3, 0.4) is 0 Å². The Kier molecular flexibility index (Phi) is 15.8. The number of aliphatic hydroxyl groups is 12. The average Bonchev–Trinajstić information content (AvgIpc) is 3.34. The Morgan fingerprint density at radius 1 is 0.635 bits per heavy atom. The third kappa shape index (κ3) is 9.27. The first-order valence-corrected chi connectivity index (χ1v) is 27.1. The van der Waals surface area contributed by atoms with Crippen molar-refractivity contribution in [3.8, 4) is 0 Å². The van der Waals surface area contributed by atoms with Crippen LogP contribution in [0.1, 0.15) is 120 Å². The van der Waals surface area contributed by atoms with Gasteiger partial charge in [0.15, 0.2) is 18.9 Å². The summed E-state index contributed by atoms with van der Waals surface area (Å²) in [6.07, 6.45) is -19.6. The van der Waals surface area contributed by atoms with Gasteiger partial charge >= 0.3 is 5.97 Å². The van der Waals surface area contributed by atoms with E-state index in [0.29, 0.717) is 25.2 Å². The van der Waals surface area contributed by atoms with Crippen molar-refractivity contribution < 1.29 is 104 Å². The minimum Gasteiger partial charge on any atom is -0.432 e. The Morgan fingerprint density at radius 3 is 1.97 bits per heavy atom. The zero-order chi connectivity index (χ0) is 54.0. The van der Waals surface area contributed by atoms with Crippen LogP contribution in [0, 0.1) is 50.2 Å². The minimum absolute atomic E-state index is 0.0778. The monoisotopic (exact) mass is 1060 g/mol. The molecule has 4 saturated heterocycles. The van der Waals surface area contributed by atoms with E-state index in [1.807, 2.05) is 0 Å². The Balaban J connectivity index is 0.891. The number of hydrogen-bond donors (Lipinski definition) is 12. The van der Waals surface area contributed by atoms with Crippen molar-refractivity contribution >= 4 is 5.97 Å². The molecule has 0 amide bonds. The summed E-state index contributed by atoms with van der Waals surface area (Å²) in [6.45, 7) is 16.1. The average molecular weight is 1060 g/mol. The standard InChI is InChI=1S/C53H86O21/c1-23-32(56)35(59)39(63)45(69-23)73-42-27(20-54)70-43(41(65)37(42)61)68-22-28-34(58)36(60)40(64)46(71-28)74-47(66)53-17-15-48(2,3)19-25(53)24-9-10-30-50(6)13-12-31(72-44-38(62)33(57)26(55)21-67-44)49(4,5)29(50)11-14-52(30,8)51(24,7)16-18-53/h9,23,25-46,54-65H,10-22H2,1-8H3/t23-,25?,26+,27+,28+,29?,30?,31-,32-,33+,34+,35+,36-,37+,38+,39+,40+,41+,42+,43+,44-,45-,46-,50-,51+,52+,53-/m0/s1. The number of rotatable bonds is 10. The molecule has 12 N–H and O–H groups in total. The molecule has 0 bridgehead atoms. The summed E-state index contributed by atoms with van der Waals surface area (Å²) >= 11 is 0. The lowest BCUT2D eigenvalue weighted by molar-refractivity contribution is -0.361. The Bertz CT molecular complexity index is 2040. The number of fused-ring (bicyclic) bond motifs is 7. The fraction of sp³-hybridized carbons (Fsp3) is 0.943. The molecule has 0 aromatic heterocycles. The van der Waals surface area contributed by atoms with Crippen LogP contribution in [0.15, 0.2) is 11.6 Å². The van der Waals surface area contributed by atoms with Crippen LogP contribution >= 0.6 is 0 Å². The highest BCUT2D eigenvalue weighted by Gasteiger charge is 2.70. The van der Waals surface area contributed by atoms with Crippen LogP contribution in [-0.2, 0) is 42.7 Å². The second-order valence-electron chi connectivity index (χ2n) is 25.8. The van der Waals surface area contributed by atoms with Gasteiger partial charge in [0.25, 0.3) is 0 Å². The fourth-order valence-corrected chi connectivity index (χ4v) is 16.1. The Labute approximate surface area is 433 Å². The molecule has 0 aromatic rings. The molecule has 4 heterocycles. The molecule has 5 aliphatic carbocycles. The van der Waals surface area contributed by atoms with Gasteiger partial charge in [-0.05, 0) is 116 Å². The number of esters is 1. The van der Waals surface area contributed by atoms with E-state index in [9.17, 15) is 61.3 Å². The lowest BCUT2D eigenvalue weighted by Gasteiger charge is -2.71. The fourth-order valence-electron chi connectivity index (χ4n) is 16.1. The first kappa shape index (κ1) is 57.1. The zero-order valence-electron chi connectivity index (χ0n) is 44.1. The summed E-state index contributed by atoms with van der Waals surface area (Å²) in [6, 6.07) is 0. The summed E-state index contributed by atoms with van der Waals surface area (Å²) in [5.41, 5.74) is -0.647. The van der Waals surface area contributed by atoms with Gasteiger partial charge in [-0.1, -0.05) is 60.1 Å². The van der Waals surface area contributed by atoms with E-state index in [-0.39, 0.29) is 51.6 Å². The quantitative estimate of drug-likeness (QED) is 0.0755. The predicted molar refractivity (Wildman–Crippen MR) is 255 cm³/mol. The van der Waals surface area contributed by atoms with E-state index >= 15 is 4.79 Å². The first-order valence-electron chi connectivity index (χ1n) is 27.1. The van der Waals surface area contributed by atoms with Gasteiger partial charge in [0.2, 0.25) is 6.29 Å². The molecular weight excluding hydrogens is 973 g/mol. The molecule has 4 saturated carbocycles. The van der Waals surface area contributed by atoms with Gasteiger partial charge in [-0.15, -0.1) is 0 Å². The predicted octanol–water partition coefficient (Wildman–Crippen LogP) is -0.369. The molecule has 9 rings (SSSR count). The van der Waals surface area contributed by atoms with Crippen LogP contribution in [0.25, 0.3) is 0 Å². The van der Waals surface area contributed by atoms with Crippen LogP contribution in [0.5, 0.6) is 0 Å². The molecule has 0 aromatic carbocycles. The van der Waals surface area contributed by atoms with E-state index in [4.69, 9.17) is 37.9 Å². The Hall–Kier alpha value is -1.55. The smallest absolute Gasteiger partial charge is 0.315 e. The Morgan fingerprint density at radius 2 is 1.27 bits per heavy atom. The maximum absolute atomic E-state index is 15.1. The van der Waals surface area contributed by atoms with Gasteiger partial charge in [-0.2, -0.15) is 0 Å². The van der Waals surface area contributed by atoms with Crippen LogP contribution < -0.4 is 0 Å². The van der Waals surface area contributed by atoms with Crippen molar-refractivity contribution in [1.29, 1.82) is 0 Å². The lowest BCUT2D eigenvalue weighted by atomic mass is 9.33. The third-order valence-electron chi connectivity index (χ3n) is 21.0. The van der Waals surface area contributed by atoms with E-state index in [1.54, 1.807) is 0 Å². The molecule has 0 spiro atoms. The van der Waals surface area contributed by atoms with Crippen molar-refractivity contribution in [2.75, 3.05) is 19.8 Å². The number of allylic oxidation sites excluding steroid dienone is 2. The summed E-state index contributed by atoms with van der Waals surface area (Å²) < 4.78 is 47.1. The van der Waals surface area contributed by atoms with Crippen molar-refractivity contribution in [3.05, 3.63) is 11.6 Å². The van der Waals surface area contributed by atoms with Gasteiger partial charge in [0.1, 0.15) is 85.5 Å². The topological polar surface area (TPSA) is 334 Å². The van der Waals surface area contributed by atoms with Crippen molar-refractivity contribution in [2.45, 2.75) is 242 Å². The molecule has 21 nitrogen and oxygen atoms in total. The molecule has 4 aliphatic heterocycles. The first-order chi connectivity index (χ1) is 34.6. The van der Waals surface area contributed by atoms with Gasteiger partial charge < -0.3 is 99.2 Å². The number of carbonyl (C=O) groups excluding carboxylic acids is 1. The van der Waals surface area contributed by atoms with Gasteiger partial charge in [-0.3, -0.25) is 4.79 Å². The third-order valence-corrected chi connectivity index (χ3v) is 21.0. The minimum atomic E-state index is -1.86. The van der Waals surface area contributed by atoms with Crippen LogP contribution in [0.4, 0.5) is 0 Å². The second kappa shape index (κ2) is 20.5. The van der Waals surface area contributed by atoms with Crippen molar-refractivity contribution in [3.63, 3.8) is 0 Å². The number of ether oxygens (including phenoxy) is 8. The summed E-state index contributed by atoms with van der Waals surface area (Å²) in [5.74, 6) is -0.203. The summed E-state index contributed by atoms with van der Waals surface area (Å²) in [4.78, 5) is 15.1. The van der Waals surface area contributed by atoms with Gasteiger partial charge in [0.05, 0.1) is 37.4 Å². The highest BCUT2D eigenvalue weighted by Crippen LogP contribution is 2.76. The second-order valence-corrected chi connectivity index (χ2v) is 25.8. The number of aliphatic hydroxyl groups excluding tert-OH is 12. The molecule has 3 unspecified atom stereocenters. The molecule has 424 valence electrons. The molecular formula is C53H86O21. The van der Waals surface area contributed by atoms with Crippen LogP contribution in [0.2, 0.25) is 0 Å². The molecule has 27 atom stereocenters.